The first-order chi connectivity index (χ1) is 16.9. The fourth-order valence-electron chi connectivity index (χ4n) is 4.66. The zero-order chi connectivity index (χ0) is 25.2. The normalized spacial score (nSPS) is 17.2. The lowest BCUT2D eigenvalue weighted by atomic mass is 9.95. The van der Waals surface area contributed by atoms with Gasteiger partial charge in [0.05, 0.1) is 25.9 Å². The lowest BCUT2D eigenvalue weighted by Gasteiger charge is -2.20. The maximum absolute atomic E-state index is 9.68. The molecule has 0 aliphatic carbocycles. The van der Waals surface area contributed by atoms with E-state index in [1.165, 1.54) is 0 Å². The van der Waals surface area contributed by atoms with Crippen molar-refractivity contribution in [3.8, 4) is 22.6 Å². The van der Waals surface area contributed by atoms with Crippen molar-refractivity contribution in [2.75, 3.05) is 46.0 Å². The van der Waals surface area contributed by atoms with E-state index in [1.807, 2.05) is 18.2 Å². The van der Waals surface area contributed by atoms with Crippen molar-refractivity contribution in [2.24, 2.45) is 5.92 Å². The molecule has 1 saturated heterocycles. The van der Waals surface area contributed by atoms with Crippen LogP contribution in [0.2, 0.25) is 0 Å². The van der Waals surface area contributed by atoms with Gasteiger partial charge in [-0.2, -0.15) is 0 Å². The predicted molar refractivity (Wildman–Crippen MR) is 142 cm³/mol. The average Bonchev–Trinajstić information content (AvgIpc) is 3.26. The van der Waals surface area contributed by atoms with Crippen LogP contribution < -0.4 is 14.8 Å². The Morgan fingerprint density at radius 2 is 1.57 bits per heavy atom. The summed E-state index contributed by atoms with van der Waals surface area (Å²) < 4.78 is 12.3. The van der Waals surface area contributed by atoms with Crippen molar-refractivity contribution in [3.63, 3.8) is 0 Å². The van der Waals surface area contributed by atoms with Crippen molar-refractivity contribution in [3.05, 3.63) is 47.5 Å². The van der Waals surface area contributed by atoms with Gasteiger partial charge in [0.1, 0.15) is 11.5 Å². The molecule has 3 rings (SSSR count). The molecular formula is C29H44N2O4. The van der Waals surface area contributed by atoms with Crippen LogP contribution in [-0.4, -0.2) is 73.3 Å². The molecule has 1 heterocycles. The molecule has 1 fully saturated rings. The van der Waals surface area contributed by atoms with Crippen LogP contribution in [0.3, 0.4) is 0 Å². The van der Waals surface area contributed by atoms with Gasteiger partial charge in [0.2, 0.25) is 0 Å². The molecule has 194 valence electrons. The Morgan fingerprint density at radius 3 is 2.09 bits per heavy atom. The summed E-state index contributed by atoms with van der Waals surface area (Å²) in [7, 11) is 0. The third-order valence-electron chi connectivity index (χ3n) is 6.97. The minimum atomic E-state index is -0.169. The Kier molecular flexibility index (Phi) is 10.9. The largest absolute Gasteiger partial charge is 0.493 e. The van der Waals surface area contributed by atoms with Crippen molar-refractivity contribution in [1.82, 2.24) is 10.2 Å². The van der Waals surface area contributed by atoms with Crippen LogP contribution in [0, 0.1) is 19.8 Å². The Morgan fingerprint density at radius 1 is 0.971 bits per heavy atom. The molecule has 6 nitrogen and oxygen atoms in total. The summed E-state index contributed by atoms with van der Waals surface area (Å²) in [5, 5.41) is 22.5. The van der Waals surface area contributed by atoms with Gasteiger partial charge in [0, 0.05) is 25.7 Å². The summed E-state index contributed by atoms with van der Waals surface area (Å²) in [6, 6.07) is 12.6. The van der Waals surface area contributed by atoms with Gasteiger partial charge < -0.3 is 29.9 Å². The molecule has 0 spiro atoms. The molecule has 1 aliphatic heterocycles. The van der Waals surface area contributed by atoms with Crippen molar-refractivity contribution >= 4 is 0 Å². The summed E-state index contributed by atoms with van der Waals surface area (Å²) in [6.07, 6.45) is 2.54. The van der Waals surface area contributed by atoms with E-state index < -0.39 is 0 Å². The first-order valence-corrected chi connectivity index (χ1v) is 13.1. The standard InChI is InChI=1S/C29H44N2O4/c1-21(2)27(20-32)30-14-7-17-34-28-11-5-9-25(22(28)3)26-10-6-12-29(23(26)4)35-18-8-15-31-16-13-24(33)19-31/h5-6,9-12,21,24,27,30,32-33H,7-8,13-20H2,1-4H3/t24-,27+/m1/s1. The molecule has 0 aromatic heterocycles. The quantitative estimate of drug-likeness (QED) is 0.349. The molecule has 35 heavy (non-hydrogen) atoms. The number of aliphatic hydroxyl groups is 2. The van der Waals surface area contributed by atoms with Crippen molar-refractivity contribution < 1.29 is 19.7 Å². The minimum absolute atomic E-state index is 0.130. The minimum Gasteiger partial charge on any atom is -0.493 e. The van der Waals surface area contributed by atoms with Crippen LogP contribution in [0.4, 0.5) is 0 Å². The molecule has 1 aliphatic rings. The monoisotopic (exact) mass is 484 g/mol. The van der Waals surface area contributed by atoms with Gasteiger partial charge in [-0.25, -0.2) is 0 Å². The van der Waals surface area contributed by atoms with E-state index in [0.717, 1.165) is 79.2 Å². The molecule has 2 atom stereocenters. The topological polar surface area (TPSA) is 74.2 Å². The van der Waals surface area contributed by atoms with Gasteiger partial charge in [-0.1, -0.05) is 38.1 Å². The van der Waals surface area contributed by atoms with Gasteiger partial charge in [-0.3, -0.25) is 0 Å². The SMILES string of the molecule is Cc1c(OCCCN[C@@H](CO)C(C)C)cccc1-c1cccc(OCCCN2CC[C@@H](O)C2)c1C. The van der Waals surface area contributed by atoms with Crippen LogP contribution >= 0.6 is 0 Å². The van der Waals surface area contributed by atoms with Gasteiger partial charge in [-0.05, 0) is 80.0 Å². The number of nitrogens with one attached hydrogen (secondary N) is 1. The zero-order valence-corrected chi connectivity index (χ0v) is 21.9. The molecule has 0 unspecified atom stereocenters. The molecule has 6 heteroatoms. The number of aliphatic hydroxyl groups excluding tert-OH is 2. The van der Waals surface area contributed by atoms with Crippen LogP contribution in [0.25, 0.3) is 11.1 Å². The maximum Gasteiger partial charge on any atom is 0.122 e. The number of rotatable bonds is 14. The smallest absolute Gasteiger partial charge is 0.122 e. The summed E-state index contributed by atoms with van der Waals surface area (Å²) >= 11 is 0. The van der Waals surface area contributed by atoms with E-state index in [9.17, 15) is 10.2 Å². The van der Waals surface area contributed by atoms with Gasteiger partial charge >= 0.3 is 0 Å². The summed E-state index contributed by atoms with van der Waals surface area (Å²) in [5.41, 5.74) is 4.59. The van der Waals surface area contributed by atoms with Crippen LogP contribution in [-0.2, 0) is 0 Å². The molecular weight excluding hydrogens is 440 g/mol. The molecule has 0 bridgehead atoms. The summed E-state index contributed by atoms with van der Waals surface area (Å²) in [5.74, 6) is 2.23. The maximum atomic E-state index is 9.68. The molecule has 3 N–H and O–H groups in total. The number of benzene rings is 2. The number of hydrogen-bond donors (Lipinski definition) is 3. The highest BCUT2D eigenvalue weighted by molar-refractivity contribution is 5.74. The highest BCUT2D eigenvalue weighted by Crippen LogP contribution is 2.35. The van der Waals surface area contributed by atoms with E-state index in [0.29, 0.717) is 19.1 Å². The van der Waals surface area contributed by atoms with Crippen molar-refractivity contribution in [2.45, 2.75) is 59.1 Å². The molecule has 2 aromatic rings. The van der Waals surface area contributed by atoms with E-state index in [-0.39, 0.29) is 18.8 Å². The number of β-amino-alcohol motifs (C(OH)–C–C–N with tert-alkyl or cyclic N) is 1. The molecule has 0 amide bonds. The fourth-order valence-corrected chi connectivity index (χ4v) is 4.66. The predicted octanol–water partition coefficient (Wildman–Crippen LogP) is 4.18. The lowest BCUT2D eigenvalue weighted by molar-refractivity contribution is 0.173. The van der Waals surface area contributed by atoms with Gasteiger partial charge in [0.25, 0.3) is 0 Å². The second-order valence-electron chi connectivity index (χ2n) is 9.99. The van der Waals surface area contributed by atoms with E-state index in [1.54, 1.807) is 0 Å². The third kappa shape index (κ3) is 7.94. The van der Waals surface area contributed by atoms with E-state index in [4.69, 9.17) is 9.47 Å². The van der Waals surface area contributed by atoms with Crippen LogP contribution in [0.1, 0.15) is 44.2 Å². The summed E-state index contributed by atoms with van der Waals surface area (Å²) in [4.78, 5) is 2.30. The van der Waals surface area contributed by atoms with E-state index >= 15 is 0 Å². The highest BCUT2D eigenvalue weighted by Gasteiger charge is 2.19. The number of hydrogen-bond acceptors (Lipinski definition) is 6. The third-order valence-corrected chi connectivity index (χ3v) is 6.97. The Balaban J connectivity index is 1.55. The van der Waals surface area contributed by atoms with Crippen LogP contribution in [0.5, 0.6) is 11.5 Å². The molecule has 2 aromatic carbocycles. The second-order valence-corrected chi connectivity index (χ2v) is 9.99. The second kappa shape index (κ2) is 13.8. The van der Waals surface area contributed by atoms with E-state index in [2.05, 4.69) is 56.1 Å². The van der Waals surface area contributed by atoms with Crippen LogP contribution in [0.15, 0.2) is 36.4 Å². The highest BCUT2D eigenvalue weighted by atomic mass is 16.5. The Bertz CT molecular complexity index is 918. The number of likely N-dealkylation sites (tertiary alicyclic amines) is 1. The average molecular weight is 485 g/mol. The van der Waals surface area contributed by atoms with Gasteiger partial charge in [-0.15, -0.1) is 0 Å². The molecule has 0 radical (unpaired) electrons. The summed E-state index contributed by atoms with van der Waals surface area (Å²) in [6.45, 7) is 13.4. The molecule has 0 saturated carbocycles. The fraction of sp³-hybridized carbons (Fsp3) is 0.586. The Hall–Kier alpha value is -2.12. The lowest BCUT2D eigenvalue weighted by Crippen LogP contribution is -2.37. The Labute approximate surface area is 211 Å². The first kappa shape index (κ1) is 27.5. The first-order valence-electron chi connectivity index (χ1n) is 13.1. The number of ether oxygens (including phenoxy) is 2. The number of nitrogens with zero attached hydrogens (tertiary/aromatic N) is 1. The van der Waals surface area contributed by atoms with Crippen molar-refractivity contribution in [1.29, 1.82) is 0 Å². The van der Waals surface area contributed by atoms with Gasteiger partial charge in [0.15, 0.2) is 0 Å². The zero-order valence-electron chi connectivity index (χ0n) is 21.9.